The van der Waals surface area contributed by atoms with Gasteiger partial charge in [-0.05, 0) is 24.1 Å². The van der Waals surface area contributed by atoms with Crippen molar-refractivity contribution in [3.05, 3.63) is 48.0 Å². The third kappa shape index (κ3) is 4.20. The van der Waals surface area contributed by atoms with Gasteiger partial charge >= 0.3 is 0 Å². The fourth-order valence-corrected chi connectivity index (χ4v) is 2.57. The maximum atomic E-state index is 12.8. The molecule has 0 aliphatic heterocycles. The first-order chi connectivity index (χ1) is 10.0. The Bertz CT molecular complexity index is 687. The Morgan fingerprint density at radius 3 is 2.33 bits per heavy atom. The predicted octanol–water partition coefficient (Wildman–Crippen LogP) is 1.18. The Kier molecular flexibility index (Phi) is 4.81. The molecule has 0 saturated carbocycles. The van der Waals surface area contributed by atoms with Crippen LogP contribution >= 0.6 is 0 Å². The van der Waals surface area contributed by atoms with Crippen LogP contribution < -0.4 is 10.0 Å². The van der Waals surface area contributed by atoms with E-state index >= 15 is 0 Å². The molecule has 8 heteroatoms. The van der Waals surface area contributed by atoms with Crippen molar-refractivity contribution in [3.8, 4) is 0 Å². The minimum Gasteiger partial charge on any atom is -0.357 e. The van der Waals surface area contributed by atoms with Crippen LogP contribution in [-0.2, 0) is 16.4 Å². The minimum atomic E-state index is -3.64. The molecular formula is C13H15FN4O2S. The zero-order chi connectivity index (χ0) is 15.3. The van der Waals surface area contributed by atoms with Crippen LogP contribution in [0.3, 0.4) is 0 Å². The summed E-state index contributed by atoms with van der Waals surface area (Å²) in [6.45, 7) is 0.210. The molecule has 0 aliphatic rings. The molecule has 2 rings (SSSR count). The minimum absolute atomic E-state index is 0.000561. The normalized spacial score (nSPS) is 11.3. The molecule has 0 spiro atoms. The molecular weight excluding hydrogens is 295 g/mol. The molecule has 0 saturated heterocycles. The molecule has 21 heavy (non-hydrogen) atoms. The molecule has 0 fully saturated rings. The van der Waals surface area contributed by atoms with Crippen LogP contribution in [0.2, 0.25) is 0 Å². The van der Waals surface area contributed by atoms with Crippen LogP contribution in [0.25, 0.3) is 0 Å². The van der Waals surface area contributed by atoms with E-state index < -0.39 is 10.0 Å². The number of rotatable bonds is 6. The zero-order valence-corrected chi connectivity index (χ0v) is 12.2. The number of hydrogen-bond donors (Lipinski definition) is 2. The molecule has 1 aromatic carbocycles. The van der Waals surface area contributed by atoms with Gasteiger partial charge < -0.3 is 5.32 Å². The van der Waals surface area contributed by atoms with Crippen molar-refractivity contribution in [3.63, 3.8) is 0 Å². The van der Waals surface area contributed by atoms with Crippen molar-refractivity contribution in [1.29, 1.82) is 0 Å². The van der Waals surface area contributed by atoms with Gasteiger partial charge in [0, 0.05) is 13.6 Å². The van der Waals surface area contributed by atoms with Crippen molar-refractivity contribution in [1.82, 2.24) is 14.7 Å². The number of benzene rings is 1. The monoisotopic (exact) mass is 310 g/mol. The number of aromatic nitrogens is 2. The smallest absolute Gasteiger partial charge is 0.243 e. The van der Waals surface area contributed by atoms with Crippen LogP contribution in [0, 0.1) is 5.82 Å². The van der Waals surface area contributed by atoms with Gasteiger partial charge in [-0.1, -0.05) is 12.1 Å². The maximum absolute atomic E-state index is 12.8. The van der Waals surface area contributed by atoms with E-state index in [4.69, 9.17) is 0 Å². The lowest BCUT2D eigenvalue weighted by Crippen LogP contribution is -2.26. The van der Waals surface area contributed by atoms with Crippen LogP contribution in [0.1, 0.15) is 5.56 Å². The Labute approximate surface area is 122 Å². The first-order valence-corrected chi connectivity index (χ1v) is 7.73. The summed E-state index contributed by atoms with van der Waals surface area (Å²) < 4.78 is 39.2. The lowest BCUT2D eigenvalue weighted by atomic mass is 10.1. The van der Waals surface area contributed by atoms with E-state index in [1.165, 1.54) is 24.5 Å². The van der Waals surface area contributed by atoms with Gasteiger partial charge in [0.25, 0.3) is 0 Å². The molecule has 1 aromatic heterocycles. The summed E-state index contributed by atoms with van der Waals surface area (Å²) in [6.07, 6.45) is 2.94. The lowest BCUT2D eigenvalue weighted by molar-refractivity contribution is 0.580. The predicted molar refractivity (Wildman–Crippen MR) is 76.9 cm³/mol. The van der Waals surface area contributed by atoms with Gasteiger partial charge in [0.15, 0.2) is 0 Å². The Morgan fingerprint density at radius 1 is 1.14 bits per heavy atom. The van der Waals surface area contributed by atoms with Crippen LogP contribution in [0.15, 0.2) is 41.6 Å². The molecule has 6 nitrogen and oxygen atoms in total. The average molecular weight is 310 g/mol. The average Bonchev–Trinajstić information content (AvgIpc) is 2.49. The summed E-state index contributed by atoms with van der Waals surface area (Å²) >= 11 is 0. The molecule has 2 N–H and O–H groups in total. The van der Waals surface area contributed by atoms with E-state index in [-0.39, 0.29) is 17.3 Å². The molecule has 0 aliphatic carbocycles. The van der Waals surface area contributed by atoms with E-state index in [9.17, 15) is 12.8 Å². The quantitative estimate of drug-likeness (QED) is 0.837. The standard InChI is InChI=1S/C13H15FN4O2S/c1-15-13-16-8-12(9-17-13)21(19,20)18-7-6-10-2-4-11(14)5-3-10/h2-5,8-9,18H,6-7H2,1H3,(H,15,16,17). The van der Waals surface area contributed by atoms with Crippen molar-refractivity contribution >= 4 is 16.0 Å². The zero-order valence-electron chi connectivity index (χ0n) is 11.4. The van der Waals surface area contributed by atoms with E-state index in [2.05, 4.69) is 20.0 Å². The number of hydrogen-bond acceptors (Lipinski definition) is 5. The molecule has 0 amide bonds. The van der Waals surface area contributed by atoms with E-state index in [1.54, 1.807) is 19.2 Å². The van der Waals surface area contributed by atoms with E-state index in [0.29, 0.717) is 12.4 Å². The Balaban J connectivity index is 1.95. The van der Waals surface area contributed by atoms with Crippen LogP contribution in [0.4, 0.5) is 10.3 Å². The summed E-state index contributed by atoms with van der Waals surface area (Å²) in [5.41, 5.74) is 0.848. The molecule has 0 unspecified atom stereocenters. The van der Waals surface area contributed by atoms with E-state index in [0.717, 1.165) is 5.56 Å². The van der Waals surface area contributed by atoms with Crippen molar-refractivity contribution in [2.45, 2.75) is 11.3 Å². The second-order valence-corrected chi connectivity index (χ2v) is 6.03. The highest BCUT2D eigenvalue weighted by atomic mass is 32.2. The fraction of sp³-hybridized carbons (Fsp3) is 0.231. The number of anilines is 1. The molecule has 112 valence electrons. The summed E-state index contributed by atoms with van der Waals surface area (Å²) in [5.74, 6) is 0.0290. The second-order valence-electron chi connectivity index (χ2n) is 4.27. The van der Waals surface area contributed by atoms with Crippen molar-refractivity contribution in [2.75, 3.05) is 18.9 Å². The molecule has 2 aromatic rings. The summed E-state index contributed by atoms with van der Waals surface area (Å²) in [5, 5.41) is 2.71. The Hall–Kier alpha value is -2.06. The SMILES string of the molecule is CNc1ncc(S(=O)(=O)NCCc2ccc(F)cc2)cn1. The first-order valence-electron chi connectivity index (χ1n) is 6.25. The van der Waals surface area contributed by atoms with Crippen molar-refractivity contribution in [2.24, 2.45) is 0 Å². The first kappa shape index (κ1) is 15.3. The van der Waals surface area contributed by atoms with Crippen molar-refractivity contribution < 1.29 is 12.8 Å². The number of halogens is 1. The highest BCUT2D eigenvalue weighted by Gasteiger charge is 2.14. The van der Waals surface area contributed by atoms with Crippen LogP contribution in [0.5, 0.6) is 0 Å². The molecule has 1 heterocycles. The van der Waals surface area contributed by atoms with Gasteiger partial charge in [-0.2, -0.15) is 0 Å². The number of sulfonamides is 1. The molecule has 0 radical (unpaired) electrons. The molecule has 0 atom stereocenters. The lowest BCUT2D eigenvalue weighted by Gasteiger charge is -2.07. The summed E-state index contributed by atoms with van der Waals surface area (Å²) in [4.78, 5) is 7.71. The third-order valence-electron chi connectivity index (χ3n) is 2.78. The van der Waals surface area contributed by atoms with Gasteiger partial charge in [-0.25, -0.2) is 27.5 Å². The van der Waals surface area contributed by atoms with Crippen LogP contribution in [-0.4, -0.2) is 32.0 Å². The number of nitrogens with zero attached hydrogens (tertiary/aromatic N) is 2. The van der Waals surface area contributed by atoms with Gasteiger partial charge in [0.05, 0.1) is 12.4 Å². The maximum Gasteiger partial charge on any atom is 0.243 e. The largest absolute Gasteiger partial charge is 0.357 e. The van der Waals surface area contributed by atoms with Gasteiger partial charge in [0.2, 0.25) is 16.0 Å². The summed E-state index contributed by atoms with van der Waals surface area (Å²) in [7, 11) is -2.00. The Morgan fingerprint density at radius 2 is 1.76 bits per heavy atom. The highest BCUT2D eigenvalue weighted by Crippen LogP contribution is 2.08. The highest BCUT2D eigenvalue weighted by molar-refractivity contribution is 7.89. The van der Waals surface area contributed by atoms with Gasteiger partial charge in [0.1, 0.15) is 10.7 Å². The topological polar surface area (TPSA) is 84.0 Å². The summed E-state index contributed by atoms with van der Waals surface area (Å²) in [6, 6.07) is 5.92. The van der Waals surface area contributed by atoms with Gasteiger partial charge in [-0.15, -0.1) is 0 Å². The second kappa shape index (κ2) is 6.59. The number of nitrogens with one attached hydrogen (secondary N) is 2. The third-order valence-corrected chi connectivity index (χ3v) is 4.20. The van der Waals surface area contributed by atoms with Gasteiger partial charge in [-0.3, -0.25) is 0 Å². The molecule has 0 bridgehead atoms. The van der Waals surface area contributed by atoms with E-state index in [1.807, 2.05) is 0 Å². The fourth-order valence-electron chi connectivity index (χ4n) is 1.65.